The van der Waals surface area contributed by atoms with Gasteiger partial charge >= 0.3 is 0 Å². The number of rotatable bonds is 4. The zero-order valence-corrected chi connectivity index (χ0v) is 12.3. The van der Waals surface area contributed by atoms with Crippen LogP contribution in [-0.2, 0) is 10.0 Å². The van der Waals surface area contributed by atoms with Gasteiger partial charge in [-0.2, -0.15) is 0 Å². The summed E-state index contributed by atoms with van der Waals surface area (Å²) in [6.45, 7) is 4.08. The number of nitrogens with two attached hydrogens (primary N) is 1. The van der Waals surface area contributed by atoms with E-state index in [1.165, 1.54) is 17.2 Å². The minimum Gasteiger partial charge on any atom is -0.378 e. The number of primary sulfonamides is 1. The molecule has 0 spiro atoms. The van der Waals surface area contributed by atoms with Crippen LogP contribution in [0.4, 0.5) is 5.69 Å². The summed E-state index contributed by atoms with van der Waals surface area (Å²) in [5.41, 5.74) is 3.09. The van der Waals surface area contributed by atoms with Crippen LogP contribution >= 0.6 is 0 Å². The minimum atomic E-state index is -3.67. The van der Waals surface area contributed by atoms with Gasteiger partial charge in [0.05, 0.1) is 4.90 Å². The van der Waals surface area contributed by atoms with Crippen molar-refractivity contribution in [3.05, 3.63) is 59.7 Å². The van der Waals surface area contributed by atoms with E-state index in [2.05, 4.69) is 11.4 Å². The van der Waals surface area contributed by atoms with Crippen LogP contribution in [0.2, 0.25) is 0 Å². The molecule has 0 heterocycles. The van der Waals surface area contributed by atoms with Crippen molar-refractivity contribution in [3.63, 3.8) is 0 Å². The third-order valence-corrected chi connectivity index (χ3v) is 4.11. The van der Waals surface area contributed by atoms with Crippen LogP contribution in [0.1, 0.15) is 24.1 Å². The highest BCUT2D eigenvalue weighted by molar-refractivity contribution is 7.89. The molecule has 0 amide bonds. The third kappa shape index (κ3) is 3.37. The Kier molecular flexibility index (Phi) is 4.11. The number of sulfonamides is 1. The van der Waals surface area contributed by atoms with Gasteiger partial charge in [0.25, 0.3) is 0 Å². The average molecular weight is 290 g/mol. The van der Waals surface area contributed by atoms with E-state index < -0.39 is 10.0 Å². The van der Waals surface area contributed by atoms with E-state index in [1.54, 1.807) is 12.1 Å². The fraction of sp³-hybridized carbons (Fsp3) is 0.200. The van der Waals surface area contributed by atoms with Gasteiger partial charge in [0.1, 0.15) is 0 Å². The van der Waals surface area contributed by atoms with Crippen LogP contribution in [0.5, 0.6) is 0 Å². The highest BCUT2D eigenvalue weighted by Gasteiger charge is 2.11. The summed E-state index contributed by atoms with van der Waals surface area (Å²) in [5, 5.41) is 8.43. The number of aryl methyl sites for hydroxylation is 1. The van der Waals surface area contributed by atoms with Crippen molar-refractivity contribution in [2.45, 2.75) is 24.8 Å². The van der Waals surface area contributed by atoms with Crippen LogP contribution in [0.3, 0.4) is 0 Å². The fourth-order valence-corrected chi connectivity index (χ4v) is 2.72. The van der Waals surface area contributed by atoms with Gasteiger partial charge in [0.2, 0.25) is 10.0 Å². The lowest BCUT2D eigenvalue weighted by Crippen LogP contribution is -2.13. The first kappa shape index (κ1) is 14.6. The molecule has 1 atom stereocenters. The van der Waals surface area contributed by atoms with E-state index in [0.717, 1.165) is 5.69 Å². The van der Waals surface area contributed by atoms with Gasteiger partial charge in [-0.15, -0.1) is 0 Å². The molecule has 2 aromatic rings. The molecule has 5 heteroatoms. The SMILES string of the molecule is Cc1ccccc1C(C)Nc1cccc(S(N)(=O)=O)c1. The Bertz CT molecular complexity index is 711. The first-order valence-corrected chi connectivity index (χ1v) is 7.87. The summed E-state index contributed by atoms with van der Waals surface area (Å²) in [6.07, 6.45) is 0. The largest absolute Gasteiger partial charge is 0.378 e. The summed E-state index contributed by atoms with van der Waals surface area (Å²) in [4.78, 5) is 0.111. The second-order valence-corrected chi connectivity index (χ2v) is 6.36. The Labute approximate surface area is 119 Å². The minimum absolute atomic E-state index is 0.0759. The molecule has 0 saturated carbocycles. The first-order valence-electron chi connectivity index (χ1n) is 6.33. The summed E-state index contributed by atoms with van der Waals surface area (Å²) >= 11 is 0. The van der Waals surface area contributed by atoms with E-state index in [4.69, 9.17) is 5.14 Å². The van der Waals surface area contributed by atoms with Crippen LogP contribution in [0, 0.1) is 6.92 Å². The molecule has 0 aromatic heterocycles. The zero-order valence-electron chi connectivity index (χ0n) is 11.5. The van der Waals surface area contributed by atoms with Gasteiger partial charge in [-0.3, -0.25) is 0 Å². The predicted octanol–water partition coefficient (Wildman–Crippen LogP) is 2.82. The molecule has 2 aromatic carbocycles. The molecule has 106 valence electrons. The molecular formula is C15H18N2O2S. The lowest BCUT2D eigenvalue weighted by molar-refractivity contribution is 0.598. The summed E-state index contributed by atoms with van der Waals surface area (Å²) in [7, 11) is -3.67. The second kappa shape index (κ2) is 5.64. The lowest BCUT2D eigenvalue weighted by Gasteiger charge is -2.18. The van der Waals surface area contributed by atoms with Crippen LogP contribution < -0.4 is 10.5 Å². The van der Waals surface area contributed by atoms with Gasteiger partial charge in [-0.1, -0.05) is 30.3 Å². The van der Waals surface area contributed by atoms with Crippen molar-refractivity contribution < 1.29 is 8.42 Å². The van der Waals surface area contributed by atoms with Crippen LogP contribution in [0.25, 0.3) is 0 Å². The predicted molar refractivity (Wildman–Crippen MR) is 81.0 cm³/mol. The van der Waals surface area contributed by atoms with Crippen molar-refractivity contribution in [2.75, 3.05) is 5.32 Å². The number of hydrogen-bond donors (Lipinski definition) is 2. The molecule has 4 nitrogen and oxygen atoms in total. The number of hydrogen-bond acceptors (Lipinski definition) is 3. The summed E-state index contributed by atoms with van der Waals surface area (Å²) in [5.74, 6) is 0. The maximum atomic E-state index is 11.3. The molecule has 0 aliphatic rings. The molecule has 1 unspecified atom stereocenters. The van der Waals surface area contributed by atoms with Crippen molar-refractivity contribution in [3.8, 4) is 0 Å². The van der Waals surface area contributed by atoms with Gasteiger partial charge in [0.15, 0.2) is 0 Å². The molecule has 0 saturated heterocycles. The molecule has 20 heavy (non-hydrogen) atoms. The van der Waals surface area contributed by atoms with Gasteiger partial charge in [-0.05, 0) is 43.2 Å². The molecule has 0 bridgehead atoms. The molecule has 0 aliphatic heterocycles. The van der Waals surface area contributed by atoms with Crippen molar-refractivity contribution in [1.82, 2.24) is 0 Å². The molecule has 2 rings (SSSR count). The Morgan fingerprint density at radius 1 is 1.10 bits per heavy atom. The fourth-order valence-electron chi connectivity index (χ4n) is 2.16. The maximum absolute atomic E-state index is 11.3. The summed E-state index contributed by atoms with van der Waals surface area (Å²) < 4.78 is 22.7. The van der Waals surface area contributed by atoms with Gasteiger partial charge in [0, 0.05) is 11.7 Å². The lowest BCUT2D eigenvalue weighted by atomic mass is 10.0. The molecule has 0 fully saturated rings. The van der Waals surface area contributed by atoms with Crippen LogP contribution in [0.15, 0.2) is 53.4 Å². The second-order valence-electron chi connectivity index (χ2n) is 4.80. The van der Waals surface area contributed by atoms with Crippen LogP contribution in [-0.4, -0.2) is 8.42 Å². The monoisotopic (exact) mass is 290 g/mol. The number of nitrogens with one attached hydrogen (secondary N) is 1. The third-order valence-electron chi connectivity index (χ3n) is 3.20. The Morgan fingerprint density at radius 3 is 2.45 bits per heavy atom. The van der Waals surface area contributed by atoms with Crippen molar-refractivity contribution in [2.24, 2.45) is 5.14 Å². The van der Waals surface area contributed by atoms with Gasteiger partial charge < -0.3 is 5.32 Å². The van der Waals surface area contributed by atoms with E-state index >= 15 is 0 Å². The van der Waals surface area contributed by atoms with E-state index in [-0.39, 0.29) is 10.9 Å². The Balaban J connectivity index is 2.25. The highest BCUT2D eigenvalue weighted by Crippen LogP contribution is 2.23. The van der Waals surface area contributed by atoms with Gasteiger partial charge in [-0.25, -0.2) is 13.6 Å². The maximum Gasteiger partial charge on any atom is 0.238 e. The molecular weight excluding hydrogens is 272 g/mol. The average Bonchev–Trinajstić information content (AvgIpc) is 2.38. The first-order chi connectivity index (χ1) is 9.38. The Morgan fingerprint density at radius 2 is 1.80 bits per heavy atom. The Hall–Kier alpha value is -1.85. The van der Waals surface area contributed by atoms with E-state index in [0.29, 0.717) is 0 Å². The normalized spacial score (nSPS) is 12.9. The topological polar surface area (TPSA) is 72.2 Å². The van der Waals surface area contributed by atoms with E-state index in [1.807, 2.05) is 38.1 Å². The summed E-state index contributed by atoms with van der Waals surface area (Å²) in [6, 6.07) is 14.7. The molecule has 0 radical (unpaired) electrons. The number of anilines is 1. The smallest absolute Gasteiger partial charge is 0.238 e. The number of benzene rings is 2. The van der Waals surface area contributed by atoms with Crippen molar-refractivity contribution >= 4 is 15.7 Å². The van der Waals surface area contributed by atoms with E-state index in [9.17, 15) is 8.42 Å². The molecule has 3 N–H and O–H groups in total. The standard InChI is InChI=1S/C15H18N2O2S/c1-11-6-3-4-9-15(11)12(2)17-13-7-5-8-14(10-13)20(16,18)19/h3-10,12,17H,1-2H3,(H2,16,18,19). The highest BCUT2D eigenvalue weighted by atomic mass is 32.2. The zero-order chi connectivity index (χ0) is 14.8. The quantitative estimate of drug-likeness (QED) is 0.909. The molecule has 0 aliphatic carbocycles. The van der Waals surface area contributed by atoms with Crippen molar-refractivity contribution in [1.29, 1.82) is 0 Å².